The molecule has 10 heteroatoms. The molecule has 0 unspecified atom stereocenters. The van der Waals surface area contributed by atoms with Gasteiger partial charge in [0.15, 0.2) is 0 Å². The molecule has 0 saturated carbocycles. The molecule has 0 aromatic carbocycles. The molecular weight excluding hydrogens is 572 g/mol. The molecule has 2 N–H and O–H groups in total. The van der Waals surface area contributed by atoms with E-state index in [9.17, 15) is 16.8 Å². The number of quaternary nitrogens is 2. The summed E-state index contributed by atoms with van der Waals surface area (Å²) in [4.78, 5) is 0. The molecule has 0 aromatic heterocycles. The lowest BCUT2D eigenvalue weighted by Crippen LogP contribution is -2.41. The van der Waals surface area contributed by atoms with Gasteiger partial charge in [0, 0.05) is 12.8 Å². The van der Waals surface area contributed by atoms with Crippen molar-refractivity contribution in [1.29, 1.82) is 0 Å². The topological polar surface area (TPSA) is 109 Å². The van der Waals surface area contributed by atoms with Crippen LogP contribution in [0, 0.1) is 0 Å². The highest BCUT2D eigenvalue weighted by Crippen LogP contribution is 2.13. The third kappa shape index (κ3) is 37.8. The van der Waals surface area contributed by atoms with Crippen LogP contribution in [-0.4, -0.2) is 101 Å². The van der Waals surface area contributed by atoms with Crippen LogP contribution in [0.3, 0.4) is 0 Å². The molecule has 0 spiro atoms. The lowest BCUT2D eigenvalue weighted by atomic mass is 10.1. The summed E-state index contributed by atoms with van der Waals surface area (Å²) in [7, 11) is 0.936. The number of unbranched alkanes of at least 4 members (excludes halogenated alkanes) is 16. The van der Waals surface area contributed by atoms with Crippen molar-refractivity contribution in [1.82, 2.24) is 0 Å². The Balaban J connectivity index is 0. The average molecular weight is 645 g/mol. The lowest BCUT2D eigenvalue weighted by molar-refractivity contribution is -0.890. The first kappa shape index (κ1) is 43.9. The molecule has 0 fully saturated rings. The van der Waals surface area contributed by atoms with E-state index in [1.807, 2.05) is 0 Å². The van der Waals surface area contributed by atoms with Crippen LogP contribution in [0.2, 0.25) is 0 Å². The Morgan fingerprint density at radius 3 is 0.833 bits per heavy atom. The van der Waals surface area contributed by atoms with Crippen molar-refractivity contribution < 1.29 is 34.9 Å². The SMILES string of the molecule is CCCCCCCCCCCC[N+](C)(C)CCCS(=O)(=O)O.CCCCCCCCCC[N+](C)(C)CCCS(=O)(=O)O. The van der Waals surface area contributed by atoms with Gasteiger partial charge in [-0.25, -0.2) is 0 Å². The minimum Gasteiger partial charge on any atom is -0.328 e. The van der Waals surface area contributed by atoms with Crippen LogP contribution in [0.15, 0.2) is 0 Å². The van der Waals surface area contributed by atoms with E-state index < -0.39 is 20.2 Å². The van der Waals surface area contributed by atoms with E-state index >= 15 is 0 Å². The predicted octanol–water partition coefficient (Wildman–Crippen LogP) is 7.74. The fourth-order valence-electron chi connectivity index (χ4n) is 5.27. The van der Waals surface area contributed by atoms with Gasteiger partial charge in [-0.05, 0) is 25.7 Å². The summed E-state index contributed by atoms with van der Waals surface area (Å²) in [5, 5.41) is 0. The molecule has 8 nitrogen and oxygen atoms in total. The average Bonchev–Trinajstić information content (AvgIpc) is 2.85. The van der Waals surface area contributed by atoms with E-state index in [0.29, 0.717) is 12.8 Å². The van der Waals surface area contributed by atoms with Crippen LogP contribution < -0.4 is 0 Å². The second-order valence-corrected chi connectivity index (χ2v) is 16.8. The third-order valence-corrected chi connectivity index (χ3v) is 9.67. The summed E-state index contributed by atoms with van der Waals surface area (Å²) in [6.07, 6.45) is 25.0. The fourth-order valence-corrected chi connectivity index (χ4v) is 6.26. The number of hydrogen-bond donors (Lipinski definition) is 2. The Kier molecular flexibility index (Phi) is 27.2. The first-order valence-corrected chi connectivity index (χ1v) is 20.3. The van der Waals surface area contributed by atoms with E-state index in [4.69, 9.17) is 9.11 Å². The molecule has 0 aliphatic heterocycles. The molecule has 0 radical (unpaired) electrons. The number of hydrogen-bond acceptors (Lipinski definition) is 4. The molecule has 0 rings (SSSR count). The quantitative estimate of drug-likeness (QED) is 0.0512. The zero-order chi connectivity index (χ0) is 32.4. The molecule has 0 amide bonds. The van der Waals surface area contributed by atoms with Gasteiger partial charge in [-0.2, -0.15) is 16.8 Å². The maximum Gasteiger partial charge on any atom is 0.265 e. The Bertz CT molecular complexity index is 815. The van der Waals surface area contributed by atoms with Crippen molar-refractivity contribution >= 4 is 20.2 Å². The predicted molar refractivity (Wildman–Crippen MR) is 180 cm³/mol. The second-order valence-electron chi connectivity index (χ2n) is 13.7. The summed E-state index contributed by atoms with van der Waals surface area (Å²) in [5.41, 5.74) is 0. The van der Waals surface area contributed by atoms with E-state index in [2.05, 4.69) is 42.0 Å². The normalized spacial score (nSPS) is 12.8. The van der Waals surface area contributed by atoms with E-state index in [1.54, 1.807) is 0 Å². The van der Waals surface area contributed by atoms with Gasteiger partial charge < -0.3 is 8.97 Å². The van der Waals surface area contributed by atoms with E-state index in [0.717, 1.165) is 35.1 Å². The van der Waals surface area contributed by atoms with Crippen LogP contribution in [-0.2, 0) is 20.2 Å². The van der Waals surface area contributed by atoms with E-state index in [-0.39, 0.29) is 11.5 Å². The molecule has 0 saturated heterocycles. The zero-order valence-electron chi connectivity index (χ0n) is 28.6. The van der Waals surface area contributed by atoms with Crippen molar-refractivity contribution in [2.45, 2.75) is 142 Å². The Hall–Kier alpha value is -0.260. The minimum absolute atomic E-state index is 0.118. The maximum atomic E-state index is 10.7. The second kappa shape index (κ2) is 26.0. The highest BCUT2D eigenvalue weighted by atomic mass is 32.2. The van der Waals surface area contributed by atoms with Crippen molar-refractivity contribution in [3.05, 3.63) is 0 Å². The Morgan fingerprint density at radius 2 is 0.595 bits per heavy atom. The zero-order valence-corrected chi connectivity index (χ0v) is 30.3. The molecule has 256 valence electrons. The van der Waals surface area contributed by atoms with Gasteiger partial charge in [-0.15, -0.1) is 0 Å². The van der Waals surface area contributed by atoms with Gasteiger partial charge in [0.05, 0.1) is 65.9 Å². The van der Waals surface area contributed by atoms with Crippen LogP contribution in [0.4, 0.5) is 0 Å². The van der Waals surface area contributed by atoms with Gasteiger partial charge in [0.1, 0.15) is 0 Å². The Labute approximate surface area is 262 Å². The van der Waals surface area contributed by atoms with E-state index in [1.165, 1.54) is 116 Å². The standard InChI is InChI=1S/C17H37NO3S.C15H33NO3S/c1-4-5-6-7-8-9-10-11-12-13-15-18(2,3)16-14-17-22(19,20)21;1-4-5-6-7-8-9-10-11-13-16(2,3)14-12-15-20(17,18)19/h4-17H2,1-3H3;4-15H2,1-3H3/p+2. The smallest absolute Gasteiger partial charge is 0.265 e. The highest BCUT2D eigenvalue weighted by Gasteiger charge is 2.17. The third-order valence-electron chi connectivity index (χ3n) is 8.07. The summed E-state index contributed by atoms with van der Waals surface area (Å²) >= 11 is 0. The lowest BCUT2D eigenvalue weighted by Gasteiger charge is -2.29. The molecule has 0 aromatic rings. The van der Waals surface area contributed by atoms with Crippen molar-refractivity contribution in [2.24, 2.45) is 0 Å². The number of nitrogens with zero attached hydrogens (tertiary/aromatic N) is 2. The summed E-state index contributed by atoms with van der Waals surface area (Å²) in [6, 6.07) is 0. The minimum atomic E-state index is -3.80. The van der Waals surface area contributed by atoms with Crippen molar-refractivity contribution in [3.63, 3.8) is 0 Å². The summed E-state index contributed by atoms with van der Waals surface area (Å²) < 4.78 is 61.9. The summed E-state index contributed by atoms with van der Waals surface area (Å²) in [6.45, 7) is 8.26. The molecule has 42 heavy (non-hydrogen) atoms. The van der Waals surface area contributed by atoms with Crippen molar-refractivity contribution in [3.8, 4) is 0 Å². The molecular formula is C32H72N2O6S2+2. The molecule has 0 atom stereocenters. The van der Waals surface area contributed by atoms with Gasteiger partial charge >= 0.3 is 0 Å². The maximum absolute atomic E-state index is 10.7. The van der Waals surface area contributed by atoms with Gasteiger partial charge in [0.25, 0.3) is 20.2 Å². The van der Waals surface area contributed by atoms with Crippen LogP contribution in [0.25, 0.3) is 0 Å². The Morgan fingerprint density at radius 1 is 0.381 bits per heavy atom. The molecule has 0 aliphatic carbocycles. The highest BCUT2D eigenvalue weighted by molar-refractivity contribution is 7.86. The first-order valence-electron chi connectivity index (χ1n) is 17.1. The number of rotatable bonds is 28. The largest absolute Gasteiger partial charge is 0.328 e. The van der Waals surface area contributed by atoms with Crippen LogP contribution in [0.1, 0.15) is 142 Å². The van der Waals surface area contributed by atoms with Gasteiger partial charge in [-0.1, -0.05) is 104 Å². The molecule has 0 bridgehead atoms. The van der Waals surface area contributed by atoms with Crippen LogP contribution in [0.5, 0.6) is 0 Å². The van der Waals surface area contributed by atoms with Crippen molar-refractivity contribution in [2.75, 3.05) is 65.9 Å². The van der Waals surface area contributed by atoms with Gasteiger partial charge in [-0.3, -0.25) is 9.11 Å². The fraction of sp³-hybridized carbons (Fsp3) is 1.00. The first-order chi connectivity index (χ1) is 19.5. The monoisotopic (exact) mass is 644 g/mol. The van der Waals surface area contributed by atoms with Crippen LogP contribution >= 0.6 is 0 Å². The molecule has 0 heterocycles. The van der Waals surface area contributed by atoms with Gasteiger partial charge in [0.2, 0.25) is 0 Å². The summed E-state index contributed by atoms with van der Waals surface area (Å²) in [5.74, 6) is -0.237. The molecule has 0 aliphatic rings.